The van der Waals surface area contributed by atoms with Gasteiger partial charge in [0.05, 0.1) is 22.7 Å². The van der Waals surface area contributed by atoms with E-state index < -0.39 is 41.3 Å². The van der Waals surface area contributed by atoms with Gasteiger partial charge in [-0.15, -0.1) is 0 Å². The Balaban J connectivity index is 1.56. The molecule has 246 valence electrons. The van der Waals surface area contributed by atoms with E-state index in [1.54, 1.807) is 6.07 Å². The van der Waals surface area contributed by atoms with Gasteiger partial charge in [-0.1, -0.05) is 24.3 Å². The first-order valence-electron chi connectivity index (χ1n) is 14.3. The summed E-state index contributed by atoms with van der Waals surface area (Å²) in [7, 11) is 5.63. The number of piperazine rings is 1. The molecule has 1 aliphatic rings. The van der Waals surface area contributed by atoms with E-state index in [-0.39, 0.29) is 12.1 Å². The summed E-state index contributed by atoms with van der Waals surface area (Å²) >= 11 is 0. The van der Waals surface area contributed by atoms with Gasteiger partial charge < -0.3 is 9.80 Å². The average molecular weight is 647 g/mol. The lowest BCUT2D eigenvalue weighted by molar-refractivity contribution is -0.139. The highest BCUT2D eigenvalue weighted by Crippen LogP contribution is 2.37. The molecule has 4 nitrogen and oxygen atoms in total. The molecule has 0 bridgehead atoms. The highest BCUT2D eigenvalue weighted by Gasteiger charge is 2.36. The first kappa shape index (κ1) is 34.6. The van der Waals surface area contributed by atoms with E-state index >= 15 is 0 Å². The van der Waals surface area contributed by atoms with E-state index in [1.807, 2.05) is 40.7 Å². The van der Waals surface area contributed by atoms with Crippen LogP contribution in [0.2, 0.25) is 0 Å². The second-order valence-electron chi connectivity index (χ2n) is 11.5. The molecule has 0 unspecified atom stereocenters. The number of rotatable bonds is 9. The molecule has 0 amide bonds. The number of likely N-dealkylation sites (N-methyl/N-ethyl adjacent to an activating group) is 2. The van der Waals surface area contributed by atoms with E-state index in [4.69, 9.17) is 0 Å². The third-order valence-corrected chi connectivity index (χ3v) is 7.99. The van der Waals surface area contributed by atoms with Gasteiger partial charge in [0.1, 0.15) is 0 Å². The summed E-state index contributed by atoms with van der Waals surface area (Å²) in [5, 5.41) is 0. The zero-order valence-corrected chi connectivity index (χ0v) is 25.1. The molecule has 0 aliphatic carbocycles. The Morgan fingerprint density at radius 1 is 0.622 bits per heavy atom. The van der Waals surface area contributed by atoms with Crippen molar-refractivity contribution < 1.29 is 39.5 Å². The number of hydrogen-bond donors (Lipinski definition) is 0. The van der Waals surface area contributed by atoms with Crippen molar-refractivity contribution in [1.29, 1.82) is 0 Å². The second kappa shape index (κ2) is 13.6. The maximum atomic E-state index is 13.9. The molecule has 0 atom stereocenters. The van der Waals surface area contributed by atoms with Crippen LogP contribution in [0.5, 0.6) is 0 Å². The monoisotopic (exact) mass is 646 g/mol. The third kappa shape index (κ3) is 8.92. The van der Waals surface area contributed by atoms with Crippen LogP contribution in [0, 0.1) is 0 Å². The van der Waals surface area contributed by atoms with Crippen molar-refractivity contribution in [1.82, 2.24) is 14.7 Å². The highest BCUT2D eigenvalue weighted by molar-refractivity contribution is 5.51. The normalized spacial score (nSPS) is 15.7. The molecule has 1 heterocycles. The first-order chi connectivity index (χ1) is 20.9. The van der Waals surface area contributed by atoms with Gasteiger partial charge in [-0.2, -0.15) is 39.5 Å². The predicted octanol–water partition coefficient (Wildman–Crippen LogP) is 7.65. The van der Waals surface area contributed by atoms with Gasteiger partial charge >= 0.3 is 18.5 Å². The zero-order valence-electron chi connectivity index (χ0n) is 25.1. The number of anilines is 1. The van der Waals surface area contributed by atoms with Crippen molar-refractivity contribution in [3.63, 3.8) is 0 Å². The minimum atomic E-state index is -4.55. The van der Waals surface area contributed by atoms with Crippen LogP contribution in [-0.2, 0) is 25.1 Å². The van der Waals surface area contributed by atoms with Crippen LogP contribution >= 0.6 is 0 Å². The second-order valence-corrected chi connectivity index (χ2v) is 11.5. The minimum Gasteiger partial charge on any atom is -0.373 e. The Kier molecular flexibility index (Phi) is 10.4. The van der Waals surface area contributed by atoms with Gasteiger partial charge in [0.2, 0.25) is 0 Å². The first-order valence-corrected chi connectivity index (χ1v) is 14.3. The lowest BCUT2D eigenvalue weighted by atomic mass is 9.94. The smallest absolute Gasteiger partial charge is 0.373 e. The van der Waals surface area contributed by atoms with Crippen molar-refractivity contribution >= 4 is 5.69 Å². The lowest BCUT2D eigenvalue weighted by Crippen LogP contribution is -2.47. The van der Waals surface area contributed by atoms with Gasteiger partial charge in [0, 0.05) is 58.5 Å². The van der Waals surface area contributed by atoms with Crippen molar-refractivity contribution in [3.8, 4) is 0 Å². The van der Waals surface area contributed by atoms with E-state index in [1.165, 1.54) is 30.3 Å². The molecular formula is C32H35F9N4. The minimum absolute atomic E-state index is 0.0310. The fourth-order valence-corrected chi connectivity index (χ4v) is 5.45. The standard InChI is InChI=1S/C32H35F9N4/c1-42(2)14-15-43(3)27-12-13-28(32(39,40)41)24(20-27)21-44-16-18-45(19-17-44)29(22-4-8-25(9-5-22)30(33,34)35)23-6-10-26(11-7-23)31(36,37)38/h4-13,20,29H,14-19,21H2,1-3H3. The van der Waals surface area contributed by atoms with Crippen molar-refractivity contribution in [2.45, 2.75) is 31.1 Å². The SMILES string of the molecule is CN(C)CCN(C)c1ccc(C(F)(F)F)c(CN2CCN(C(c3ccc(C(F)(F)F)cc3)c3ccc(C(F)(F)F)cc3)CC2)c1. The Hall–Kier alpha value is -3.29. The number of hydrogen-bond acceptors (Lipinski definition) is 4. The fourth-order valence-electron chi connectivity index (χ4n) is 5.45. The van der Waals surface area contributed by atoms with E-state index in [9.17, 15) is 39.5 Å². The van der Waals surface area contributed by atoms with Gasteiger partial charge in [-0.3, -0.25) is 9.80 Å². The largest absolute Gasteiger partial charge is 0.416 e. The summed E-state index contributed by atoms with van der Waals surface area (Å²) in [5.41, 5.74) is -0.708. The van der Waals surface area contributed by atoms with Gasteiger partial charge in [0.25, 0.3) is 0 Å². The molecule has 45 heavy (non-hydrogen) atoms. The van der Waals surface area contributed by atoms with Gasteiger partial charge in [0.15, 0.2) is 0 Å². The van der Waals surface area contributed by atoms with Crippen LogP contribution in [0.1, 0.15) is 39.4 Å². The van der Waals surface area contributed by atoms with Gasteiger partial charge in [-0.25, -0.2) is 0 Å². The summed E-state index contributed by atoms with van der Waals surface area (Å²) < 4.78 is 121. The Morgan fingerprint density at radius 2 is 1.11 bits per heavy atom. The van der Waals surface area contributed by atoms with E-state index in [2.05, 4.69) is 0 Å². The molecule has 1 saturated heterocycles. The lowest BCUT2D eigenvalue weighted by Gasteiger charge is -2.40. The number of benzene rings is 3. The summed E-state index contributed by atoms with van der Waals surface area (Å²) in [6.45, 7) is 2.71. The molecule has 0 saturated carbocycles. The average Bonchev–Trinajstić information content (AvgIpc) is 2.96. The van der Waals surface area contributed by atoms with E-state index in [0.29, 0.717) is 56.1 Å². The predicted molar refractivity (Wildman–Crippen MR) is 155 cm³/mol. The summed E-state index contributed by atoms with van der Waals surface area (Å²) in [4.78, 5) is 7.67. The van der Waals surface area contributed by atoms with Crippen molar-refractivity contribution in [2.75, 3.05) is 65.3 Å². The molecule has 3 aromatic rings. The zero-order chi connectivity index (χ0) is 33.2. The molecule has 4 rings (SSSR count). The summed E-state index contributed by atoms with van der Waals surface area (Å²) in [5.74, 6) is 0. The van der Waals surface area contributed by atoms with E-state index in [0.717, 1.165) is 30.3 Å². The Morgan fingerprint density at radius 3 is 1.53 bits per heavy atom. The van der Waals surface area contributed by atoms with Crippen LogP contribution in [-0.4, -0.2) is 75.1 Å². The summed E-state index contributed by atoms with van der Waals surface area (Å²) in [6, 6.07) is 12.4. The molecule has 3 aromatic carbocycles. The number of halogens is 9. The molecular weight excluding hydrogens is 611 g/mol. The topological polar surface area (TPSA) is 13.0 Å². The highest BCUT2D eigenvalue weighted by atomic mass is 19.4. The molecule has 0 radical (unpaired) electrons. The Labute approximate surface area is 256 Å². The van der Waals surface area contributed by atoms with Crippen LogP contribution in [0.15, 0.2) is 66.7 Å². The van der Waals surface area contributed by atoms with Crippen LogP contribution in [0.25, 0.3) is 0 Å². The maximum Gasteiger partial charge on any atom is 0.416 e. The fraction of sp³-hybridized carbons (Fsp3) is 0.438. The van der Waals surface area contributed by atoms with Crippen molar-refractivity contribution in [3.05, 3.63) is 100 Å². The third-order valence-electron chi connectivity index (χ3n) is 7.99. The van der Waals surface area contributed by atoms with Crippen molar-refractivity contribution in [2.24, 2.45) is 0 Å². The molecule has 1 aliphatic heterocycles. The summed E-state index contributed by atoms with van der Waals surface area (Å²) in [6.07, 6.45) is -13.7. The quantitative estimate of drug-likeness (QED) is 0.222. The number of alkyl halides is 9. The molecule has 0 aromatic heterocycles. The molecule has 0 spiro atoms. The van der Waals surface area contributed by atoms with Gasteiger partial charge in [-0.05, 0) is 73.3 Å². The molecule has 1 fully saturated rings. The van der Waals surface area contributed by atoms with Crippen LogP contribution < -0.4 is 4.90 Å². The van der Waals surface area contributed by atoms with Crippen LogP contribution in [0.3, 0.4) is 0 Å². The molecule has 0 N–H and O–H groups in total. The molecule has 13 heteroatoms. The Bertz CT molecular complexity index is 1330. The maximum absolute atomic E-state index is 13.9. The van der Waals surface area contributed by atoms with Crippen LogP contribution in [0.4, 0.5) is 45.2 Å². The number of nitrogens with zero attached hydrogens (tertiary/aromatic N) is 4.